The van der Waals surface area contributed by atoms with Gasteiger partial charge in [0.15, 0.2) is 0 Å². The lowest BCUT2D eigenvalue weighted by atomic mass is 9.69. The van der Waals surface area contributed by atoms with E-state index < -0.39 is 11.4 Å². The number of likely N-dealkylation sites (tertiary alicyclic amines) is 1. The Labute approximate surface area is 122 Å². The quantitative estimate of drug-likeness (QED) is 0.856. The zero-order valence-corrected chi connectivity index (χ0v) is 12.7. The van der Waals surface area contributed by atoms with E-state index in [9.17, 15) is 9.90 Å². The molecule has 3 fully saturated rings. The molecule has 1 aliphatic heterocycles. The summed E-state index contributed by atoms with van der Waals surface area (Å²) in [5.74, 6) is -0.543. The molecule has 0 atom stereocenters. The van der Waals surface area contributed by atoms with Gasteiger partial charge in [0.05, 0.1) is 5.41 Å². The molecular weight excluding hydrogens is 250 g/mol. The minimum Gasteiger partial charge on any atom is -0.481 e. The van der Waals surface area contributed by atoms with Crippen LogP contribution in [0.4, 0.5) is 0 Å². The number of rotatable bonds is 3. The van der Waals surface area contributed by atoms with Crippen LogP contribution < -0.4 is 0 Å². The second-order valence-electron chi connectivity index (χ2n) is 7.71. The molecule has 0 unspecified atom stereocenters. The van der Waals surface area contributed by atoms with Crippen molar-refractivity contribution in [2.45, 2.75) is 70.6 Å². The van der Waals surface area contributed by atoms with Gasteiger partial charge in [-0.1, -0.05) is 44.9 Å². The van der Waals surface area contributed by atoms with E-state index in [0.29, 0.717) is 5.41 Å². The molecule has 3 aliphatic rings. The number of aliphatic carboxylic acids is 1. The van der Waals surface area contributed by atoms with Gasteiger partial charge in [0, 0.05) is 19.6 Å². The van der Waals surface area contributed by atoms with Gasteiger partial charge in [0.2, 0.25) is 0 Å². The van der Waals surface area contributed by atoms with Crippen molar-refractivity contribution in [3.05, 3.63) is 0 Å². The largest absolute Gasteiger partial charge is 0.481 e. The van der Waals surface area contributed by atoms with Crippen LogP contribution in [0.5, 0.6) is 0 Å². The molecule has 0 radical (unpaired) electrons. The minimum absolute atomic E-state index is 0.426. The first-order chi connectivity index (χ1) is 9.64. The first-order valence-corrected chi connectivity index (χ1v) is 8.60. The van der Waals surface area contributed by atoms with Gasteiger partial charge < -0.3 is 10.0 Å². The fourth-order valence-corrected chi connectivity index (χ4v) is 4.91. The smallest absolute Gasteiger partial charge is 0.310 e. The van der Waals surface area contributed by atoms with E-state index in [0.717, 1.165) is 32.2 Å². The van der Waals surface area contributed by atoms with Crippen LogP contribution in [0.15, 0.2) is 0 Å². The Balaban J connectivity index is 1.57. The molecule has 3 heteroatoms. The fraction of sp³-hybridized carbons (Fsp3) is 0.941. The van der Waals surface area contributed by atoms with Crippen LogP contribution in [0, 0.1) is 10.8 Å². The van der Waals surface area contributed by atoms with E-state index >= 15 is 0 Å². The van der Waals surface area contributed by atoms with Crippen LogP contribution in [0.2, 0.25) is 0 Å². The monoisotopic (exact) mass is 279 g/mol. The van der Waals surface area contributed by atoms with Gasteiger partial charge in [-0.15, -0.1) is 0 Å². The maximum atomic E-state index is 11.7. The Morgan fingerprint density at radius 2 is 1.35 bits per heavy atom. The summed E-state index contributed by atoms with van der Waals surface area (Å²) in [5, 5.41) is 9.68. The lowest BCUT2D eigenvalue weighted by Crippen LogP contribution is -2.59. The first kappa shape index (κ1) is 14.4. The number of carboxylic acids is 1. The molecule has 114 valence electrons. The molecule has 0 aromatic rings. The summed E-state index contributed by atoms with van der Waals surface area (Å²) in [6.07, 6.45) is 13.6. The maximum absolute atomic E-state index is 11.7. The first-order valence-electron chi connectivity index (χ1n) is 8.60. The maximum Gasteiger partial charge on any atom is 0.310 e. The summed E-state index contributed by atoms with van der Waals surface area (Å²) in [6.45, 7) is 3.15. The van der Waals surface area contributed by atoms with Crippen molar-refractivity contribution < 1.29 is 9.90 Å². The Hall–Kier alpha value is -0.570. The standard InChI is InChI=1S/C17H29NO2/c19-15(20)17(10-6-3-7-11-17)14-18-12-16(13-18)8-4-1-2-5-9-16/h1-14H2,(H,19,20). The van der Waals surface area contributed by atoms with Gasteiger partial charge in [-0.2, -0.15) is 0 Å². The number of carbonyl (C=O) groups is 1. The zero-order chi connectivity index (χ0) is 14.1. The summed E-state index contributed by atoms with van der Waals surface area (Å²) in [4.78, 5) is 14.2. The molecule has 20 heavy (non-hydrogen) atoms. The van der Waals surface area contributed by atoms with Gasteiger partial charge in [-0.3, -0.25) is 4.79 Å². The molecule has 3 nitrogen and oxygen atoms in total. The third-order valence-electron chi connectivity index (χ3n) is 6.07. The second-order valence-corrected chi connectivity index (χ2v) is 7.71. The average molecular weight is 279 g/mol. The van der Waals surface area contributed by atoms with E-state index in [1.165, 1.54) is 58.0 Å². The van der Waals surface area contributed by atoms with Crippen LogP contribution >= 0.6 is 0 Å². The molecule has 0 bridgehead atoms. The SMILES string of the molecule is O=C(O)C1(CN2CC3(CCCCCC3)C2)CCCCC1. The van der Waals surface area contributed by atoms with E-state index in [2.05, 4.69) is 4.90 Å². The van der Waals surface area contributed by atoms with Gasteiger partial charge >= 0.3 is 5.97 Å². The predicted octanol–water partition coefficient (Wildman–Crippen LogP) is 3.68. The lowest BCUT2D eigenvalue weighted by Gasteiger charge is -2.53. The molecule has 0 aromatic heterocycles. The number of hydrogen-bond donors (Lipinski definition) is 1. The Kier molecular flexibility index (Phi) is 4.07. The molecule has 1 saturated heterocycles. The molecular formula is C17H29NO2. The van der Waals surface area contributed by atoms with E-state index in [4.69, 9.17) is 0 Å². The predicted molar refractivity (Wildman–Crippen MR) is 79.7 cm³/mol. The van der Waals surface area contributed by atoms with Crippen LogP contribution in [0.1, 0.15) is 70.6 Å². The summed E-state index contributed by atoms with van der Waals surface area (Å²) in [5.41, 5.74) is 0.134. The van der Waals surface area contributed by atoms with Crippen molar-refractivity contribution in [2.24, 2.45) is 10.8 Å². The van der Waals surface area contributed by atoms with Gasteiger partial charge in [0.25, 0.3) is 0 Å². The van der Waals surface area contributed by atoms with E-state index in [-0.39, 0.29) is 0 Å². The van der Waals surface area contributed by atoms with E-state index in [1.54, 1.807) is 0 Å². The molecule has 0 amide bonds. The summed E-state index contributed by atoms with van der Waals surface area (Å²) < 4.78 is 0. The van der Waals surface area contributed by atoms with Crippen molar-refractivity contribution in [2.75, 3.05) is 19.6 Å². The third-order valence-corrected chi connectivity index (χ3v) is 6.07. The molecule has 1 spiro atoms. The molecule has 2 saturated carbocycles. The van der Waals surface area contributed by atoms with Gasteiger partial charge in [-0.25, -0.2) is 0 Å². The molecule has 0 aromatic carbocycles. The van der Waals surface area contributed by atoms with Crippen LogP contribution in [-0.4, -0.2) is 35.6 Å². The molecule has 3 rings (SSSR count). The Morgan fingerprint density at radius 3 is 1.90 bits per heavy atom. The van der Waals surface area contributed by atoms with Crippen LogP contribution in [0.25, 0.3) is 0 Å². The lowest BCUT2D eigenvalue weighted by molar-refractivity contribution is -0.155. The Morgan fingerprint density at radius 1 is 0.850 bits per heavy atom. The molecule has 1 N–H and O–H groups in total. The van der Waals surface area contributed by atoms with Crippen LogP contribution in [0.3, 0.4) is 0 Å². The van der Waals surface area contributed by atoms with Crippen molar-refractivity contribution in [3.8, 4) is 0 Å². The van der Waals surface area contributed by atoms with Gasteiger partial charge in [0.1, 0.15) is 0 Å². The van der Waals surface area contributed by atoms with Crippen molar-refractivity contribution in [1.82, 2.24) is 4.90 Å². The number of hydrogen-bond acceptors (Lipinski definition) is 2. The topological polar surface area (TPSA) is 40.5 Å². The summed E-state index contributed by atoms with van der Waals surface area (Å²) in [7, 11) is 0. The minimum atomic E-state index is -0.543. The van der Waals surface area contributed by atoms with Crippen molar-refractivity contribution in [3.63, 3.8) is 0 Å². The molecule has 2 aliphatic carbocycles. The summed E-state index contributed by atoms with van der Waals surface area (Å²) in [6, 6.07) is 0. The highest BCUT2D eigenvalue weighted by Gasteiger charge is 2.48. The zero-order valence-electron chi connectivity index (χ0n) is 12.7. The number of nitrogens with zero attached hydrogens (tertiary/aromatic N) is 1. The third kappa shape index (κ3) is 2.74. The van der Waals surface area contributed by atoms with Gasteiger partial charge in [-0.05, 0) is 31.1 Å². The van der Waals surface area contributed by atoms with E-state index in [1.807, 2.05) is 0 Å². The highest BCUT2D eigenvalue weighted by Crippen LogP contribution is 2.46. The van der Waals surface area contributed by atoms with Crippen molar-refractivity contribution in [1.29, 1.82) is 0 Å². The fourth-order valence-electron chi connectivity index (χ4n) is 4.91. The van der Waals surface area contributed by atoms with Crippen molar-refractivity contribution >= 4 is 5.97 Å². The Bertz CT molecular complexity index is 344. The second kappa shape index (κ2) is 5.67. The highest BCUT2D eigenvalue weighted by atomic mass is 16.4. The highest BCUT2D eigenvalue weighted by molar-refractivity contribution is 5.75. The molecule has 1 heterocycles. The van der Waals surface area contributed by atoms with Crippen LogP contribution in [-0.2, 0) is 4.79 Å². The normalized spacial score (nSPS) is 29.6. The average Bonchev–Trinajstić information content (AvgIpc) is 2.65. The summed E-state index contributed by atoms with van der Waals surface area (Å²) >= 11 is 0. The number of carboxylic acid groups (broad SMARTS) is 1.